The van der Waals surface area contributed by atoms with Gasteiger partial charge in [-0.25, -0.2) is 0 Å². The third-order valence-electron chi connectivity index (χ3n) is 2.31. The monoisotopic (exact) mass is 170 g/mol. The Bertz CT molecular complexity index is 168. The SMILES string of the molecule is CC(C)NCC1CCN(C)C1=O. The second-order valence-corrected chi connectivity index (χ2v) is 3.81. The molecule has 1 aliphatic rings. The van der Waals surface area contributed by atoms with E-state index in [0.29, 0.717) is 11.9 Å². The highest BCUT2D eigenvalue weighted by Gasteiger charge is 2.28. The highest BCUT2D eigenvalue weighted by Crippen LogP contribution is 2.14. The summed E-state index contributed by atoms with van der Waals surface area (Å²) in [6.45, 7) is 5.95. The van der Waals surface area contributed by atoms with Gasteiger partial charge < -0.3 is 10.2 Å². The summed E-state index contributed by atoms with van der Waals surface area (Å²) in [5.41, 5.74) is 0. The van der Waals surface area contributed by atoms with Crippen molar-refractivity contribution in [2.45, 2.75) is 26.3 Å². The molecule has 0 aromatic heterocycles. The predicted octanol–water partition coefficient (Wildman–Crippen LogP) is 0.463. The molecule has 1 heterocycles. The fourth-order valence-corrected chi connectivity index (χ4v) is 1.46. The van der Waals surface area contributed by atoms with Crippen molar-refractivity contribution in [2.24, 2.45) is 5.92 Å². The minimum absolute atomic E-state index is 0.220. The number of hydrogen-bond donors (Lipinski definition) is 1. The van der Waals surface area contributed by atoms with Gasteiger partial charge in [-0.3, -0.25) is 4.79 Å². The van der Waals surface area contributed by atoms with E-state index in [1.807, 2.05) is 11.9 Å². The van der Waals surface area contributed by atoms with Crippen LogP contribution in [-0.4, -0.2) is 37.0 Å². The summed E-state index contributed by atoms with van der Waals surface area (Å²) in [4.78, 5) is 13.2. The van der Waals surface area contributed by atoms with Crippen LogP contribution in [-0.2, 0) is 4.79 Å². The van der Waals surface area contributed by atoms with Crippen LogP contribution in [0.2, 0.25) is 0 Å². The minimum Gasteiger partial charge on any atom is -0.345 e. The average Bonchev–Trinajstić information content (AvgIpc) is 2.30. The van der Waals surface area contributed by atoms with E-state index in [2.05, 4.69) is 19.2 Å². The predicted molar refractivity (Wildman–Crippen MR) is 48.9 cm³/mol. The Kier molecular flexibility index (Phi) is 3.09. The Hall–Kier alpha value is -0.570. The quantitative estimate of drug-likeness (QED) is 0.667. The number of hydrogen-bond acceptors (Lipinski definition) is 2. The molecule has 0 bridgehead atoms. The molecule has 3 heteroatoms. The molecular weight excluding hydrogens is 152 g/mol. The molecule has 0 spiro atoms. The van der Waals surface area contributed by atoms with Gasteiger partial charge in [-0.2, -0.15) is 0 Å². The van der Waals surface area contributed by atoms with Crippen molar-refractivity contribution in [3.63, 3.8) is 0 Å². The molecule has 1 aliphatic heterocycles. The zero-order valence-electron chi connectivity index (χ0n) is 8.13. The number of carbonyl (C=O) groups excluding carboxylic acids is 1. The van der Waals surface area contributed by atoms with Gasteiger partial charge in [0, 0.05) is 26.2 Å². The Balaban J connectivity index is 2.30. The van der Waals surface area contributed by atoms with Gasteiger partial charge in [-0.1, -0.05) is 13.8 Å². The van der Waals surface area contributed by atoms with E-state index >= 15 is 0 Å². The van der Waals surface area contributed by atoms with E-state index in [4.69, 9.17) is 0 Å². The van der Waals surface area contributed by atoms with Gasteiger partial charge in [0.2, 0.25) is 5.91 Å². The lowest BCUT2D eigenvalue weighted by atomic mass is 10.1. The van der Waals surface area contributed by atoms with Crippen molar-refractivity contribution in [2.75, 3.05) is 20.1 Å². The van der Waals surface area contributed by atoms with Crippen LogP contribution in [0, 0.1) is 5.92 Å². The van der Waals surface area contributed by atoms with Crippen LogP contribution in [0.1, 0.15) is 20.3 Å². The van der Waals surface area contributed by atoms with Crippen LogP contribution in [0.15, 0.2) is 0 Å². The first-order valence-corrected chi connectivity index (χ1v) is 4.59. The van der Waals surface area contributed by atoms with Crippen molar-refractivity contribution in [1.29, 1.82) is 0 Å². The van der Waals surface area contributed by atoms with Gasteiger partial charge in [0.15, 0.2) is 0 Å². The fraction of sp³-hybridized carbons (Fsp3) is 0.889. The van der Waals surface area contributed by atoms with Crippen molar-refractivity contribution < 1.29 is 4.79 Å². The van der Waals surface area contributed by atoms with Gasteiger partial charge in [0.25, 0.3) is 0 Å². The van der Waals surface area contributed by atoms with E-state index in [1.54, 1.807) is 0 Å². The second-order valence-electron chi connectivity index (χ2n) is 3.81. The first kappa shape index (κ1) is 9.52. The van der Waals surface area contributed by atoms with Gasteiger partial charge in [0.05, 0.1) is 5.92 Å². The molecule has 12 heavy (non-hydrogen) atoms. The molecule has 70 valence electrons. The minimum atomic E-state index is 0.220. The maximum absolute atomic E-state index is 11.4. The van der Waals surface area contributed by atoms with Crippen LogP contribution in [0.25, 0.3) is 0 Å². The lowest BCUT2D eigenvalue weighted by Gasteiger charge is -2.12. The first-order chi connectivity index (χ1) is 5.61. The largest absolute Gasteiger partial charge is 0.345 e. The molecule has 0 aromatic carbocycles. The normalized spacial score (nSPS) is 24.2. The Morgan fingerprint density at radius 3 is 2.75 bits per heavy atom. The summed E-state index contributed by atoms with van der Waals surface area (Å²) in [5.74, 6) is 0.514. The summed E-state index contributed by atoms with van der Waals surface area (Å²) < 4.78 is 0. The molecule has 1 atom stereocenters. The van der Waals surface area contributed by atoms with Crippen molar-refractivity contribution in [3.05, 3.63) is 0 Å². The molecule has 0 radical (unpaired) electrons. The van der Waals surface area contributed by atoms with E-state index in [0.717, 1.165) is 19.5 Å². The summed E-state index contributed by atoms with van der Waals surface area (Å²) in [6.07, 6.45) is 1.01. The zero-order chi connectivity index (χ0) is 9.14. The topological polar surface area (TPSA) is 32.3 Å². The van der Waals surface area contributed by atoms with Crippen LogP contribution in [0.5, 0.6) is 0 Å². The first-order valence-electron chi connectivity index (χ1n) is 4.59. The van der Waals surface area contributed by atoms with Gasteiger partial charge in [-0.05, 0) is 6.42 Å². The van der Waals surface area contributed by atoms with Crippen LogP contribution < -0.4 is 5.32 Å². The Morgan fingerprint density at radius 1 is 1.67 bits per heavy atom. The number of carbonyl (C=O) groups is 1. The van der Waals surface area contributed by atoms with E-state index in [1.165, 1.54) is 0 Å². The summed E-state index contributed by atoms with van der Waals surface area (Å²) in [6, 6.07) is 0.476. The number of nitrogens with zero attached hydrogens (tertiary/aromatic N) is 1. The van der Waals surface area contributed by atoms with E-state index in [9.17, 15) is 4.79 Å². The third-order valence-corrected chi connectivity index (χ3v) is 2.31. The Morgan fingerprint density at radius 2 is 2.33 bits per heavy atom. The summed E-state index contributed by atoms with van der Waals surface area (Å²) in [7, 11) is 1.87. The molecule has 1 unspecified atom stereocenters. The van der Waals surface area contributed by atoms with Crippen molar-refractivity contribution in [3.8, 4) is 0 Å². The van der Waals surface area contributed by atoms with E-state index in [-0.39, 0.29) is 5.92 Å². The van der Waals surface area contributed by atoms with Crippen LogP contribution in [0.4, 0.5) is 0 Å². The molecule has 3 nitrogen and oxygen atoms in total. The highest BCUT2D eigenvalue weighted by molar-refractivity contribution is 5.80. The standard InChI is InChI=1S/C9H18N2O/c1-7(2)10-6-8-4-5-11(3)9(8)12/h7-8,10H,4-6H2,1-3H3. The van der Waals surface area contributed by atoms with E-state index < -0.39 is 0 Å². The van der Waals surface area contributed by atoms with Crippen molar-refractivity contribution in [1.82, 2.24) is 10.2 Å². The van der Waals surface area contributed by atoms with Crippen LogP contribution in [0.3, 0.4) is 0 Å². The number of nitrogens with one attached hydrogen (secondary N) is 1. The molecule has 1 N–H and O–H groups in total. The third kappa shape index (κ3) is 2.21. The van der Waals surface area contributed by atoms with Crippen molar-refractivity contribution >= 4 is 5.91 Å². The molecular formula is C9H18N2O. The van der Waals surface area contributed by atoms with Gasteiger partial charge >= 0.3 is 0 Å². The Labute approximate surface area is 74.1 Å². The second kappa shape index (κ2) is 3.90. The fourth-order valence-electron chi connectivity index (χ4n) is 1.46. The van der Waals surface area contributed by atoms with Gasteiger partial charge in [-0.15, -0.1) is 0 Å². The molecule has 1 rings (SSSR count). The maximum atomic E-state index is 11.4. The molecule has 0 aromatic rings. The molecule has 1 saturated heterocycles. The number of rotatable bonds is 3. The lowest BCUT2D eigenvalue weighted by Crippen LogP contribution is -2.33. The zero-order valence-corrected chi connectivity index (χ0v) is 8.13. The smallest absolute Gasteiger partial charge is 0.226 e. The molecule has 0 aliphatic carbocycles. The molecule has 0 saturated carbocycles. The van der Waals surface area contributed by atoms with Crippen LogP contribution >= 0.6 is 0 Å². The number of amides is 1. The number of likely N-dealkylation sites (tertiary alicyclic amines) is 1. The van der Waals surface area contributed by atoms with Gasteiger partial charge in [0.1, 0.15) is 0 Å². The lowest BCUT2D eigenvalue weighted by molar-refractivity contribution is -0.129. The summed E-state index contributed by atoms with van der Waals surface area (Å²) >= 11 is 0. The summed E-state index contributed by atoms with van der Waals surface area (Å²) in [5, 5.41) is 3.29. The molecule has 1 fully saturated rings. The average molecular weight is 170 g/mol. The highest BCUT2D eigenvalue weighted by atomic mass is 16.2. The maximum Gasteiger partial charge on any atom is 0.226 e. The molecule has 1 amide bonds.